The molecular weight excluding hydrogens is 611 g/mol. The number of benzene rings is 2. The van der Waals surface area contributed by atoms with Crippen LogP contribution in [0.5, 0.6) is 5.75 Å². The summed E-state index contributed by atoms with van der Waals surface area (Å²) in [5.41, 5.74) is 3.10. The summed E-state index contributed by atoms with van der Waals surface area (Å²) < 4.78 is 40.7. The third-order valence-electron chi connectivity index (χ3n) is 11.1. The van der Waals surface area contributed by atoms with Crippen LogP contribution in [0.4, 0.5) is 0 Å². The van der Waals surface area contributed by atoms with Crippen LogP contribution in [0.3, 0.4) is 0 Å². The van der Waals surface area contributed by atoms with Gasteiger partial charge in [-0.2, -0.15) is 4.31 Å². The number of piperidine rings is 1. The number of carbonyl (C=O) groups excluding carboxylic acids is 1. The fraction of sp³-hybridized carbons (Fsp3) is 0.658. The lowest BCUT2D eigenvalue weighted by atomic mass is 9.72. The number of methoxy groups -OCH3 is 1. The Labute approximate surface area is 283 Å². The van der Waals surface area contributed by atoms with Gasteiger partial charge in [-0.3, -0.25) is 9.69 Å². The van der Waals surface area contributed by atoms with Gasteiger partial charge in [-0.25, -0.2) is 8.42 Å². The van der Waals surface area contributed by atoms with E-state index in [2.05, 4.69) is 40.5 Å². The maximum absolute atomic E-state index is 13.9. The predicted octanol–water partition coefficient (Wildman–Crippen LogP) is 6.42. The molecule has 1 amide bonds. The van der Waals surface area contributed by atoms with Crippen LogP contribution < -0.4 is 10.1 Å². The summed E-state index contributed by atoms with van der Waals surface area (Å²) in [5, 5.41) is 3.11. The molecule has 2 aromatic carbocycles. The average Bonchev–Trinajstić information content (AvgIpc) is 3.63. The summed E-state index contributed by atoms with van der Waals surface area (Å²) in [6.45, 7) is 9.17. The number of sulfonamides is 1. The van der Waals surface area contributed by atoms with Gasteiger partial charge in [0.05, 0.1) is 18.6 Å². The second-order valence-electron chi connectivity index (χ2n) is 14.3. The van der Waals surface area contributed by atoms with E-state index in [-0.39, 0.29) is 18.6 Å². The Morgan fingerprint density at radius 2 is 1.64 bits per heavy atom. The van der Waals surface area contributed by atoms with Crippen molar-refractivity contribution in [1.29, 1.82) is 0 Å². The van der Waals surface area contributed by atoms with Gasteiger partial charge in [-0.1, -0.05) is 36.8 Å². The van der Waals surface area contributed by atoms with E-state index >= 15 is 0 Å². The molecule has 260 valence electrons. The monoisotopic (exact) mass is 667 g/mol. The fourth-order valence-electron chi connectivity index (χ4n) is 8.33. The normalized spacial score (nSPS) is 25.0. The Hall–Kier alpha value is -2.46. The van der Waals surface area contributed by atoms with E-state index in [9.17, 15) is 13.2 Å². The van der Waals surface area contributed by atoms with E-state index in [1.54, 1.807) is 30.5 Å². The molecule has 1 aliphatic carbocycles. The Morgan fingerprint density at radius 1 is 0.979 bits per heavy atom. The molecule has 2 unspecified atom stereocenters. The quantitative estimate of drug-likeness (QED) is 0.250. The SMILES string of the molecule is COc1cc(C)c(S(=O)(=O)N2CCCCC2COC(C)C(=O)NCCC2CCC(CCc3ccccc3)(N3CCCC3)CC2)c(C)c1. The first kappa shape index (κ1) is 35.8. The average molecular weight is 668 g/mol. The summed E-state index contributed by atoms with van der Waals surface area (Å²) in [4.78, 5) is 16.2. The first-order valence-electron chi connectivity index (χ1n) is 18.0. The van der Waals surface area contributed by atoms with Crippen molar-refractivity contribution in [2.75, 3.05) is 39.9 Å². The van der Waals surface area contributed by atoms with E-state index in [4.69, 9.17) is 9.47 Å². The van der Waals surface area contributed by atoms with E-state index in [0.29, 0.717) is 52.7 Å². The molecule has 3 aliphatic rings. The second kappa shape index (κ2) is 16.3. The van der Waals surface area contributed by atoms with Crippen LogP contribution in [0.25, 0.3) is 0 Å². The first-order chi connectivity index (χ1) is 22.6. The molecule has 3 fully saturated rings. The van der Waals surface area contributed by atoms with Crippen molar-refractivity contribution in [1.82, 2.24) is 14.5 Å². The lowest BCUT2D eigenvalue weighted by molar-refractivity contribution is -0.132. The summed E-state index contributed by atoms with van der Waals surface area (Å²) in [6, 6.07) is 14.1. The van der Waals surface area contributed by atoms with Crippen LogP contribution in [0, 0.1) is 19.8 Å². The van der Waals surface area contributed by atoms with E-state index in [1.807, 2.05) is 13.8 Å². The fourth-order valence-corrected chi connectivity index (χ4v) is 10.4. The van der Waals surface area contributed by atoms with Crippen molar-refractivity contribution < 1.29 is 22.7 Å². The molecule has 0 spiro atoms. The molecule has 9 heteroatoms. The first-order valence-corrected chi connectivity index (χ1v) is 19.4. The third-order valence-corrected chi connectivity index (χ3v) is 13.4. The van der Waals surface area contributed by atoms with Crippen molar-refractivity contribution in [2.24, 2.45) is 5.92 Å². The van der Waals surface area contributed by atoms with Gasteiger partial charge in [0.15, 0.2) is 0 Å². The van der Waals surface area contributed by atoms with Crippen molar-refractivity contribution in [3.63, 3.8) is 0 Å². The van der Waals surface area contributed by atoms with E-state index in [1.165, 1.54) is 63.6 Å². The smallest absolute Gasteiger partial charge is 0.248 e. The van der Waals surface area contributed by atoms with Gasteiger partial charge in [0.25, 0.3) is 0 Å². The Kier molecular flexibility index (Phi) is 12.4. The van der Waals surface area contributed by atoms with Crippen LogP contribution in [-0.2, 0) is 26.0 Å². The number of carbonyl (C=O) groups is 1. The van der Waals surface area contributed by atoms with Crippen LogP contribution in [-0.4, -0.2) is 81.1 Å². The summed E-state index contributed by atoms with van der Waals surface area (Å²) in [5.74, 6) is 1.15. The van der Waals surface area contributed by atoms with Gasteiger partial charge in [-0.15, -0.1) is 0 Å². The number of hydrogen-bond acceptors (Lipinski definition) is 6. The Morgan fingerprint density at radius 3 is 2.30 bits per heavy atom. The second-order valence-corrected chi connectivity index (χ2v) is 16.1. The zero-order valence-corrected chi connectivity index (χ0v) is 30.0. The zero-order chi connectivity index (χ0) is 33.4. The van der Waals surface area contributed by atoms with Crippen molar-refractivity contribution in [2.45, 2.75) is 120 Å². The predicted molar refractivity (Wildman–Crippen MR) is 187 cm³/mol. The highest BCUT2D eigenvalue weighted by molar-refractivity contribution is 7.89. The Balaban J connectivity index is 1.08. The molecule has 47 heavy (non-hydrogen) atoms. The van der Waals surface area contributed by atoms with Gasteiger partial charge < -0.3 is 14.8 Å². The van der Waals surface area contributed by atoms with Crippen molar-refractivity contribution in [3.8, 4) is 5.75 Å². The maximum atomic E-state index is 13.9. The minimum Gasteiger partial charge on any atom is -0.497 e. The summed E-state index contributed by atoms with van der Waals surface area (Å²) in [7, 11) is -2.15. The topological polar surface area (TPSA) is 88.2 Å². The molecular formula is C38H57N3O5S. The minimum absolute atomic E-state index is 0.123. The van der Waals surface area contributed by atoms with Gasteiger partial charge in [0, 0.05) is 24.7 Å². The van der Waals surface area contributed by atoms with Gasteiger partial charge in [-0.05, 0) is 139 Å². The molecule has 2 heterocycles. The standard InChI is InChI=1S/C38H57N3O5S/c1-29-26-35(45-4)27-30(2)36(29)47(43,44)41-25-9-8-14-34(41)28-46-31(3)37(42)39-22-18-33-16-20-38(21-17-33,40-23-10-11-24-40)19-15-32-12-6-5-7-13-32/h5-7,12-13,26-27,31,33-34H,8-11,14-25,28H2,1-4H3,(H,39,42). The van der Waals surface area contributed by atoms with Gasteiger partial charge in [0.2, 0.25) is 15.9 Å². The molecule has 0 bridgehead atoms. The number of amides is 1. The van der Waals surface area contributed by atoms with Gasteiger partial charge in [0.1, 0.15) is 11.9 Å². The van der Waals surface area contributed by atoms with Crippen molar-refractivity contribution >= 4 is 15.9 Å². The van der Waals surface area contributed by atoms with Gasteiger partial charge >= 0.3 is 0 Å². The maximum Gasteiger partial charge on any atom is 0.248 e. The van der Waals surface area contributed by atoms with Crippen molar-refractivity contribution in [3.05, 3.63) is 59.2 Å². The lowest BCUT2D eigenvalue weighted by Gasteiger charge is -2.47. The van der Waals surface area contributed by atoms with Crippen LogP contribution in [0.1, 0.15) is 94.2 Å². The lowest BCUT2D eigenvalue weighted by Crippen LogP contribution is -2.50. The number of likely N-dealkylation sites (tertiary alicyclic amines) is 1. The number of nitrogens with one attached hydrogen (secondary N) is 1. The number of nitrogens with zero attached hydrogens (tertiary/aromatic N) is 2. The molecule has 5 rings (SSSR count). The number of rotatable bonds is 14. The molecule has 0 aromatic heterocycles. The molecule has 2 atom stereocenters. The van der Waals surface area contributed by atoms with Crippen LogP contribution in [0.2, 0.25) is 0 Å². The number of hydrogen-bond donors (Lipinski definition) is 1. The molecule has 2 aliphatic heterocycles. The van der Waals surface area contributed by atoms with E-state index in [0.717, 1.165) is 25.7 Å². The summed E-state index contributed by atoms with van der Waals surface area (Å²) in [6.07, 6.45) is 12.7. The molecule has 8 nitrogen and oxygen atoms in total. The highest BCUT2D eigenvalue weighted by Crippen LogP contribution is 2.42. The number of ether oxygens (including phenoxy) is 2. The molecule has 2 saturated heterocycles. The largest absolute Gasteiger partial charge is 0.497 e. The molecule has 2 aromatic rings. The highest BCUT2D eigenvalue weighted by atomic mass is 32.2. The highest BCUT2D eigenvalue weighted by Gasteiger charge is 2.41. The van der Waals surface area contributed by atoms with Crippen LogP contribution >= 0.6 is 0 Å². The minimum atomic E-state index is -3.73. The summed E-state index contributed by atoms with van der Waals surface area (Å²) >= 11 is 0. The zero-order valence-electron chi connectivity index (χ0n) is 29.1. The van der Waals surface area contributed by atoms with Crippen LogP contribution in [0.15, 0.2) is 47.4 Å². The Bertz CT molecular complexity index is 1400. The molecule has 0 radical (unpaired) electrons. The van der Waals surface area contributed by atoms with E-state index < -0.39 is 16.1 Å². The molecule has 1 saturated carbocycles. The molecule has 1 N–H and O–H groups in total. The number of aryl methyl sites for hydroxylation is 3. The third kappa shape index (κ3) is 8.77.